The van der Waals surface area contributed by atoms with E-state index in [0.29, 0.717) is 28.2 Å². The van der Waals surface area contributed by atoms with Gasteiger partial charge in [-0.25, -0.2) is 14.0 Å². The van der Waals surface area contributed by atoms with Crippen molar-refractivity contribution in [2.45, 2.75) is 57.6 Å². The summed E-state index contributed by atoms with van der Waals surface area (Å²) in [5.41, 5.74) is -3.39. The molecule has 0 N–H and O–H groups in total. The molecule has 2 atom stereocenters. The number of carbonyl (C=O) groups is 2. The third-order valence-corrected chi connectivity index (χ3v) is 6.62. The topological polar surface area (TPSA) is 53.1 Å². The number of ether oxygens (including phenoxy) is 1. The zero-order valence-corrected chi connectivity index (χ0v) is 22.7. The van der Waals surface area contributed by atoms with Crippen LogP contribution in [0.2, 0.25) is 0 Å². The molecule has 0 aromatic heterocycles. The molecule has 2 aromatic carbocycles. The largest absolute Gasteiger partial charge is 0.444 e. The van der Waals surface area contributed by atoms with Crippen LogP contribution in [0.15, 0.2) is 36.4 Å². The van der Waals surface area contributed by atoms with E-state index in [0.717, 1.165) is 11.9 Å². The number of rotatable bonds is 3. The number of likely N-dealkylation sites (tertiary alicyclic amines) is 1. The van der Waals surface area contributed by atoms with Crippen LogP contribution in [0.3, 0.4) is 0 Å². The molecule has 3 amide bonds. The Morgan fingerprint density at radius 3 is 1.93 bits per heavy atom. The summed E-state index contributed by atoms with van der Waals surface area (Å²) < 4.78 is 99.6. The highest BCUT2D eigenvalue weighted by Crippen LogP contribution is 2.39. The molecule has 13 heteroatoms. The number of alkyl halides is 6. The van der Waals surface area contributed by atoms with Gasteiger partial charge in [-0.2, -0.15) is 26.3 Å². The number of carbonyl (C=O) groups excluding carboxylic acids is 2. The normalized spacial score (nSPS) is 18.1. The average Bonchev–Trinajstić information content (AvgIpc) is 3.25. The predicted octanol–water partition coefficient (Wildman–Crippen LogP) is 7.06. The first-order valence-electron chi connectivity index (χ1n) is 12.2. The third kappa shape index (κ3) is 6.97. The monoisotopic (exact) mass is 577 g/mol. The molecular formula is C27H30F7N3O3. The van der Waals surface area contributed by atoms with Crippen molar-refractivity contribution in [1.82, 2.24) is 9.80 Å². The molecule has 1 saturated heterocycles. The van der Waals surface area contributed by atoms with E-state index in [9.17, 15) is 40.3 Å². The number of hydrogen-bond acceptors (Lipinski definition) is 3. The van der Waals surface area contributed by atoms with Crippen molar-refractivity contribution in [2.24, 2.45) is 0 Å². The number of benzene rings is 2. The molecule has 0 bridgehead atoms. The summed E-state index contributed by atoms with van der Waals surface area (Å²) in [7, 11) is 2.40. The quantitative estimate of drug-likeness (QED) is 0.367. The van der Waals surface area contributed by atoms with Crippen LogP contribution in [0.4, 0.5) is 46.0 Å². The summed E-state index contributed by atoms with van der Waals surface area (Å²) in [6.07, 6.45) is -10.8. The van der Waals surface area contributed by atoms with E-state index in [1.165, 1.54) is 30.1 Å². The molecule has 0 radical (unpaired) electrons. The number of likely N-dealkylation sites (N-methyl/N-ethyl adjacent to an activating group) is 1. The first-order valence-corrected chi connectivity index (χ1v) is 12.2. The Hall–Kier alpha value is -3.51. The Labute approximate surface area is 227 Å². The van der Waals surface area contributed by atoms with Crippen molar-refractivity contribution in [1.29, 1.82) is 0 Å². The summed E-state index contributed by atoms with van der Waals surface area (Å²) in [5, 5.41) is 0. The standard InChI is InChI=1S/C27H30F7N3O3/c1-15-9-18(28)7-8-20(15)21-13-37(24(39)40-25(2,3)4)14-22(21)36(6)23(38)35(5)19-11-16(26(29,30)31)10-17(12-19)27(32,33)34/h7-12,21-22H,13-14H2,1-6H3/t21-,22+/m0/s1. The van der Waals surface area contributed by atoms with Crippen LogP contribution < -0.4 is 4.90 Å². The summed E-state index contributed by atoms with van der Waals surface area (Å²) in [5.74, 6) is -1.04. The van der Waals surface area contributed by atoms with Crippen molar-refractivity contribution >= 4 is 17.8 Å². The maximum atomic E-state index is 13.8. The first-order chi connectivity index (χ1) is 18.2. The highest BCUT2D eigenvalue weighted by molar-refractivity contribution is 5.92. The maximum absolute atomic E-state index is 13.8. The van der Waals surface area contributed by atoms with Gasteiger partial charge in [0.15, 0.2) is 0 Å². The lowest BCUT2D eigenvalue weighted by Gasteiger charge is -2.33. The summed E-state index contributed by atoms with van der Waals surface area (Å²) >= 11 is 0. The van der Waals surface area contributed by atoms with Gasteiger partial charge in [-0.1, -0.05) is 6.07 Å². The van der Waals surface area contributed by atoms with Crippen molar-refractivity contribution in [3.63, 3.8) is 0 Å². The van der Waals surface area contributed by atoms with Crippen LogP contribution >= 0.6 is 0 Å². The lowest BCUT2D eigenvalue weighted by atomic mass is 9.90. The molecule has 0 unspecified atom stereocenters. The molecule has 3 rings (SSSR count). The minimum Gasteiger partial charge on any atom is -0.444 e. The van der Waals surface area contributed by atoms with E-state index >= 15 is 0 Å². The van der Waals surface area contributed by atoms with Gasteiger partial charge in [-0.05, 0) is 69.2 Å². The maximum Gasteiger partial charge on any atom is 0.416 e. The van der Waals surface area contributed by atoms with Gasteiger partial charge < -0.3 is 14.5 Å². The Balaban J connectivity index is 1.99. The number of aryl methyl sites for hydroxylation is 1. The van der Waals surface area contributed by atoms with Gasteiger partial charge in [0.2, 0.25) is 0 Å². The zero-order valence-electron chi connectivity index (χ0n) is 22.7. The number of nitrogens with zero attached hydrogens (tertiary/aromatic N) is 3. The summed E-state index contributed by atoms with van der Waals surface area (Å²) in [6.45, 7) is 6.72. The van der Waals surface area contributed by atoms with E-state index in [-0.39, 0.29) is 19.2 Å². The minimum absolute atomic E-state index is 0.0193. The molecule has 0 spiro atoms. The zero-order chi connectivity index (χ0) is 30.4. The van der Waals surface area contributed by atoms with E-state index in [1.807, 2.05) is 0 Å². The third-order valence-electron chi connectivity index (χ3n) is 6.62. The minimum atomic E-state index is -5.09. The average molecular weight is 578 g/mol. The van der Waals surface area contributed by atoms with Gasteiger partial charge in [0.1, 0.15) is 11.4 Å². The van der Waals surface area contributed by atoms with Crippen molar-refractivity contribution in [2.75, 3.05) is 32.1 Å². The molecular weight excluding hydrogens is 547 g/mol. The molecule has 1 aliphatic rings. The SMILES string of the molecule is Cc1cc(F)ccc1[C@@H]1CN(C(=O)OC(C)(C)C)C[C@H]1N(C)C(=O)N(C)c1cc(C(F)(F)F)cc(C(F)(F)F)c1. The van der Waals surface area contributed by atoms with Crippen molar-refractivity contribution in [3.05, 3.63) is 64.5 Å². The van der Waals surface area contributed by atoms with Gasteiger partial charge in [0, 0.05) is 38.8 Å². The van der Waals surface area contributed by atoms with Crippen molar-refractivity contribution < 1.29 is 45.1 Å². The second kappa shape index (κ2) is 10.8. The predicted molar refractivity (Wildman–Crippen MR) is 133 cm³/mol. The van der Waals surface area contributed by atoms with Crippen LogP contribution in [-0.2, 0) is 17.1 Å². The number of amides is 3. The van der Waals surface area contributed by atoms with E-state index in [4.69, 9.17) is 4.74 Å². The Morgan fingerprint density at radius 1 is 0.900 bits per heavy atom. The highest BCUT2D eigenvalue weighted by atomic mass is 19.4. The number of halogens is 7. The molecule has 6 nitrogen and oxygen atoms in total. The molecule has 40 heavy (non-hydrogen) atoms. The smallest absolute Gasteiger partial charge is 0.416 e. The van der Waals surface area contributed by atoms with Gasteiger partial charge in [-0.15, -0.1) is 0 Å². The van der Waals surface area contributed by atoms with Crippen LogP contribution in [0.1, 0.15) is 48.9 Å². The van der Waals surface area contributed by atoms with Gasteiger partial charge in [0.25, 0.3) is 0 Å². The molecule has 1 heterocycles. The second-order valence-corrected chi connectivity index (χ2v) is 10.8. The highest BCUT2D eigenvalue weighted by Gasteiger charge is 2.43. The van der Waals surface area contributed by atoms with Crippen molar-refractivity contribution in [3.8, 4) is 0 Å². The number of urea groups is 1. The Kier molecular flexibility index (Phi) is 8.38. The molecule has 2 aromatic rings. The molecule has 1 aliphatic heterocycles. The Bertz CT molecular complexity index is 1240. The van der Waals surface area contributed by atoms with Crippen LogP contribution in [-0.4, -0.2) is 60.8 Å². The summed E-state index contributed by atoms with van der Waals surface area (Å²) in [4.78, 5) is 29.5. The van der Waals surface area contributed by atoms with E-state index < -0.39 is 64.7 Å². The molecule has 0 aliphatic carbocycles. The van der Waals surface area contributed by atoms with Crippen LogP contribution in [0, 0.1) is 12.7 Å². The molecule has 0 saturated carbocycles. The molecule has 1 fully saturated rings. The number of anilines is 1. The van der Waals surface area contributed by atoms with Gasteiger partial charge in [-0.3, -0.25) is 4.90 Å². The number of hydrogen-bond donors (Lipinski definition) is 0. The van der Waals surface area contributed by atoms with Gasteiger partial charge >= 0.3 is 24.5 Å². The van der Waals surface area contributed by atoms with Gasteiger partial charge in [0.05, 0.1) is 17.2 Å². The van der Waals surface area contributed by atoms with Crippen LogP contribution in [0.25, 0.3) is 0 Å². The summed E-state index contributed by atoms with van der Waals surface area (Å²) in [6, 6.07) is 3.27. The fraction of sp³-hybridized carbons (Fsp3) is 0.481. The van der Waals surface area contributed by atoms with E-state index in [1.54, 1.807) is 27.7 Å². The second-order valence-electron chi connectivity index (χ2n) is 10.8. The molecule has 220 valence electrons. The first kappa shape index (κ1) is 31.0. The lowest BCUT2D eigenvalue weighted by Crippen LogP contribution is -2.48. The lowest BCUT2D eigenvalue weighted by molar-refractivity contribution is -0.143. The fourth-order valence-electron chi connectivity index (χ4n) is 4.64. The Morgan fingerprint density at radius 2 is 1.45 bits per heavy atom. The van der Waals surface area contributed by atoms with E-state index in [2.05, 4.69) is 0 Å². The van der Waals surface area contributed by atoms with Crippen LogP contribution in [0.5, 0.6) is 0 Å². The fourth-order valence-corrected chi connectivity index (χ4v) is 4.64.